The molecule has 8 nitrogen and oxygen atoms in total. The fourth-order valence-electron chi connectivity index (χ4n) is 4.98. The number of hydrogen-bond donors (Lipinski definition) is 2. The Morgan fingerprint density at radius 1 is 1.21 bits per heavy atom. The molecule has 4 rings (SSSR count). The van der Waals surface area contributed by atoms with Gasteiger partial charge in [0.2, 0.25) is 11.8 Å². The van der Waals surface area contributed by atoms with Gasteiger partial charge in [-0.3, -0.25) is 19.5 Å². The molecule has 2 aliphatic heterocycles. The van der Waals surface area contributed by atoms with Gasteiger partial charge in [0.15, 0.2) is 5.96 Å². The van der Waals surface area contributed by atoms with E-state index in [2.05, 4.69) is 39.7 Å². The summed E-state index contributed by atoms with van der Waals surface area (Å²) in [6.45, 7) is 6.79. The van der Waals surface area contributed by atoms with Gasteiger partial charge in [0, 0.05) is 32.7 Å². The van der Waals surface area contributed by atoms with Crippen LogP contribution in [0.5, 0.6) is 0 Å². The number of allylic oxidation sites excluding steroid dienone is 2. The Bertz CT molecular complexity index is 649. The van der Waals surface area contributed by atoms with Crippen LogP contribution >= 0.6 is 0 Å². The number of hydrogen-bond acceptors (Lipinski definition) is 5. The zero-order valence-corrected chi connectivity index (χ0v) is 16.8. The lowest BCUT2D eigenvalue weighted by molar-refractivity contribution is -0.140. The van der Waals surface area contributed by atoms with E-state index in [9.17, 15) is 9.59 Å². The summed E-state index contributed by atoms with van der Waals surface area (Å²) in [5, 5.41) is 6.47. The van der Waals surface area contributed by atoms with Gasteiger partial charge < -0.3 is 20.3 Å². The summed E-state index contributed by atoms with van der Waals surface area (Å²) in [7, 11) is 2.09. The van der Waals surface area contributed by atoms with Gasteiger partial charge in [-0.25, -0.2) is 0 Å². The second kappa shape index (κ2) is 8.21. The molecule has 1 saturated carbocycles. The molecular weight excluding hydrogens is 358 g/mol. The van der Waals surface area contributed by atoms with E-state index in [1.807, 2.05) is 6.92 Å². The number of likely N-dealkylation sites (tertiary alicyclic amines) is 1. The van der Waals surface area contributed by atoms with Crippen LogP contribution in [-0.4, -0.2) is 86.6 Å². The van der Waals surface area contributed by atoms with Crippen molar-refractivity contribution in [1.29, 1.82) is 0 Å². The molecule has 5 atom stereocenters. The monoisotopic (exact) mass is 389 g/mol. The van der Waals surface area contributed by atoms with Crippen molar-refractivity contribution in [3.63, 3.8) is 0 Å². The molecule has 4 aliphatic rings. The smallest absolute Gasteiger partial charge is 0.233 e. The van der Waals surface area contributed by atoms with Crippen molar-refractivity contribution in [3.8, 4) is 0 Å². The van der Waals surface area contributed by atoms with Gasteiger partial charge in [-0.1, -0.05) is 12.2 Å². The largest absolute Gasteiger partial charge is 0.374 e. The average molecular weight is 390 g/mol. The molecule has 2 amide bonds. The summed E-state index contributed by atoms with van der Waals surface area (Å²) in [6.07, 6.45) is 5.31. The quantitative estimate of drug-likeness (QED) is 0.280. The molecular formula is C20H31N5O3. The average Bonchev–Trinajstić information content (AvgIpc) is 3.35. The van der Waals surface area contributed by atoms with Crippen LogP contribution in [0.3, 0.4) is 0 Å². The van der Waals surface area contributed by atoms with Gasteiger partial charge in [0.1, 0.15) is 0 Å². The van der Waals surface area contributed by atoms with E-state index in [1.165, 1.54) is 4.90 Å². The molecule has 2 heterocycles. The number of nitrogens with zero attached hydrogens (tertiary/aromatic N) is 3. The number of fused-ring (bicyclic) bond motifs is 5. The number of nitrogens with one attached hydrogen (secondary N) is 2. The molecule has 8 heteroatoms. The second-order valence-electron chi connectivity index (χ2n) is 8.23. The number of likely N-dealkylation sites (N-methyl/N-ethyl adjacent to an activating group) is 1. The summed E-state index contributed by atoms with van der Waals surface area (Å²) in [4.78, 5) is 33.8. The molecule has 28 heavy (non-hydrogen) atoms. The Balaban J connectivity index is 1.28. The van der Waals surface area contributed by atoms with Crippen molar-refractivity contribution >= 4 is 17.8 Å². The first-order valence-electron chi connectivity index (χ1n) is 10.4. The van der Waals surface area contributed by atoms with Crippen LogP contribution in [0.15, 0.2) is 17.1 Å². The normalized spacial score (nSPS) is 35.0. The Labute approximate surface area is 166 Å². The van der Waals surface area contributed by atoms with Crippen LogP contribution in [-0.2, 0) is 14.3 Å². The lowest BCUT2D eigenvalue weighted by Gasteiger charge is -2.29. The van der Waals surface area contributed by atoms with Gasteiger partial charge in [-0.2, -0.15) is 0 Å². The van der Waals surface area contributed by atoms with Crippen molar-refractivity contribution in [2.45, 2.75) is 19.4 Å². The van der Waals surface area contributed by atoms with Gasteiger partial charge in [0.25, 0.3) is 0 Å². The molecule has 154 valence electrons. The van der Waals surface area contributed by atoms with E-state index in [4.69, 9.17) is 4.74 Å². The summed E-state index contributed by atoms with van der Waals surface area (Å²) < 4.78 is 5.75. The Morgan fingerprint density at radius 3 is 2.57 bits per heavy atom. The molecule has 0 radical (unpaired) electrons. The maximum atomic E-state index is 12.7. The Morgan fingerprint density at radius 2 is 1.93 bits per heavy atom. The van der Waals surface area contributed by atoms with E-state index < -0.39 is 0 Å². The van der Waals surface area contributed by atoms with E-state index >= 15 is 0 Å². The third-order valence-corrected chi connectivity index (χ3v) is 6.33. The third kappa shape index (κ3) is 3.67. The highest BCUT2D eigenvalue weighted by Crippen LogP contribution is 2.52. The highest BCUT2D eigenvalue weighted by Gasteiger charge is 2.58. The number of guanidine groups is 1. The first-order chi connectivity index (χ1) is 13.6. The minimum atomic E-state index is -0.121. The molecule has 0 spiro atoms. The second-order valence-corrected chi connectivity index (χ2v) is 8.23. The van der Waals surface area contributed by atoms with Crippen molar-refractivity contribution in [2.24, 2.45) is 28.7 Å². The van der Waals surface area contributed by atoms with Crippen LogP contribution in [0.1, 0.15) is 13.3 Å². The van der Waals surface area contributed by atoms with E-state index in [0.717, 1.165) is 32.7 Å². The minimum Gasteiger partial charge on any atom is -0.374 e. The predicted molar refractivity (Wildman–Crippen MR) is 106 cm³/mol. The van der Waals surface area contributed by atoms with Crippen LogP contribution < -0.4 is 10.6 Å². The Kier molecular flexibility index (Phi) is 5.68. The number of carbonyl (C=O) groups is 2. The van der Waals surface area contributed by atoms with Crippen LogP contribution in [0.4, 0.5) is 0 Å². The highest BCUT2D eigenvalue weighted by molar-refractivity contribution is 6.06. The number of imide groups is 1. The molecule has 2 bridgehead atoms. The molecule has 2 aliphatic carbocycles. The molecule has 5 unspecified atom stereocenters. The minimum absolute atomic E-state index is 0.00855. The lowest BCUT2D eigenvalue weighted by atomic mass is 9.85. The fraction of sp³-hybridized carbons (Fsp3) is 0.750. The standard InChI is InChI=1S/C20H31N5O3/c1-3-21-20(23-11-15-12-24(2)8-9-28-15)22-6-7-25-18(26)16-13-4-5-14(10-13)17(16)19(25)27/h4-5,13-17H,3,6-12H2,1-2H3,(H2,21,22,23). The summed E-state index contributed by atoms with van der Waals surface area (Å²) >= 11 is 0. The maximum absolute atomic E-state index is 12.7. The molecule has 2 N–H and O–H groups in total. The molecule has 2 saturated heterocycles. The van der Waals surface area contributed by atoms with Gasteiger partial charge in [-0.15, -0.1) is 0 Å². The molecule has 3 fully saturated rings. The predicted octanol–water partition coefficient (Wildman–Crippen LogP) is -0.321. The fourth-order valence-corrected chi connectivity index (χ4v) is 4.98. The van der Waals surface area contributed by atoms with Crippen molar-refractivity contribution in [1.82, 2.24) is 20.4 Å². The summed E-state index contributed by atoms with van der Waals surface area (Å²) in [6, 6.07) is 0. The number of ether oxygens (including phenoxy) is 1. The number of amides is 2. The van der Waals surface area contributed by atoms with E-state index in [-0.39, 0.29) is 41.6 Å². The van der Waals surface area contributed by atoms with Gasteiger partial charge in [0.05, 0.1) is 31.1 Å². The molecule has 0 aromatic rings. The number of aliphatic imine (C=N–C) groups is 1. The summed E-state index contributed by atoms with van der Waals surface area (Å²) in [5.41, 5.74) is 0. The van der Waals surface area contributed by atoms with Crippen molar-refractivity contribution in [2.75, 3.05) is 52.9 Å². The van der Waals surface area contributed by atoms with Crippen LogP contribution in [0, 0.1) is 23.7 Å². The molecule has 0 aromatic heterocycles. The first-order valence-corrected chi connectivity index (χ1v) is 10.4. The van der Waals surface area contributed by atoms with E-state index in [1.54, 1.807) is 0 Å². The third-order valence-electron chi connectivity index (χ3n) is 6.33. The number of morpholine rings is 1. The number of carbonyl (C=O) groups excluding carboxylic acids is 2. The number of rotatable bonds is 6. The SMILES string of the molecule is CCNC(=NCC1CN(C)CCO1)NCCN1C(=O)C2C3C=CC(C3)C2C1=O. The zero-order chi connectivity index (χ0) is 19.7. The van der Waals surface area contributed by atoms with Gasteiger partial charge >= 0.3 is 0 Å². The van der Waals surface area contributed by atoms with Crippen molar-refractivity contribution in [3.05, 3.63) is 12.2 Å². The van der Waals surface area contributed by atoms with Crippen molar-refractivity contribution < 1.29 is 14.3 Å². The van der Waals surface area contributed by atoms with Crippen LogP contribution in [0.25, 0.3) is 0 Å². The highest BCUT2D eigenvalue weighted by atomic mass is 16.5. The molecule has 0 aromatic carbocycles. The summed E-state index contributed by atoms with van der Waals surface area (Å²) in [5.74, 6) is 0.993. The maximum Gasteiger partial charge on any atom is 0.233 e. The zero-order valence-electron chi connectivity index (χ0n) is 16.8. The lowest BCUT2D eigenvalue weighted by Crippen LogP contribution is -2.45. The van der Waals surface area contributed by atoms with Gasteiger partial charge in [-0.05, 0) is 32.2 Å². The Hall–Kier alpha value is -1.93. The topological polar surface area (TPSA) is 86.3 Å². The first kappa shape index (κ1) is 19.4. The van der Waals surface area contributed by atoms with E-state index in [0.29, 0.717) is 25.6 Å². The van der Waals surface area contributed by atoms with Crippen LogP contribution in [0.2, 0.25) is 0 Å².